The molecular weight excluding hydrogens is 300 g/mol. The molecule has 1 unspecified atom stereocenters. The molecule has 1 fully saturated rings. The van der Waals surface area contributed by atoms with Gasteiger partial charge in [-0.15, -0.1) is 0 Å². The molecule has 1 aliphatic heterocycles. The molecule has 5 nitrogen and oxygen atoms in total. The van der Waals surface area contributed by atoms with Crippen molar-refractivity contribution in [1.82, 2.24) is 4.31 Å². The third kappa shape index (κ3) is 3.25. The zero-order valence-corrected chi connectivity index (χ0v) is 12.9. The van der Waals surface area contributed by atoms with Crippen molar-refractivity contribution in [2.75, 3.05) is 18.8 Å². The van der Waals surface area contributed by atoms with Crippen LogP contribution in [0.3, 0.4) is 0 Å². The highest BCUT2D eigenvalue weighted by Gasteiger charge is 2.32. The van der Waals surface area contributed by atoms with Gasteiger partial charge in [0, 0.05) is 18.8 Å². The Labute approximate surface area is 124 Å². The second-order valence-corrected chi connectivity index (χ2v) is 7.76. The van der Waals surface area contributed by atoms with Gasteiger partial charge in [0.05, 0.1) is 10.6 Å². The van der Waals surface area contributed by atoms with Crippen LogP contribution in [-0.4, -0.2) is 36.5 Å². The maximum absolute atomic E-state index is 12.6. The number of nitrogens with two attached hydrogens (primary N) is 1. The predicted octanol–water partition coefficient (Wildman–Crippen LogP) is 1.85. The van der Waals surface area contributed by atoms with E-state index in [-0.39, 0.29) is 16.5 Å². The number of hydrogen-bond donors (Lipinski definition) is 2. The van der Waals surface area contributed by atoms with E-state index in [1.807, 2.05) is 0 Å². The highest BCUT2D eigenvalue weighted by molar-refractivity contribution is 7.89. The van der Waals surface area contributed by atoms with Crippen molar-refractivity contribution in [3.05, 3.63) is 23.2 Å². The molecule has 1 aromatic carbocycles. The van der Waals surface area contributed by atoms with Crippen molar-refractivity contribution in [1.29, 1.82) is 0 Å². The summed E-state index contributed by atoms with van der Waals surface area (Å²) in [7, 11) is -3.65. The maximum atomic E-state index is 12.6. The van der Waals surface area contributed by atoms with Gasteiger partial charge in [0.1, 0.15) is 4.90 Å². The van der Waals surface area contributed by atoms with E-state index in [4.69, 9.17) is 17.3 Å². The summed E-state index contributed by atoms with van der Waals surface area (Å²) >= 11 is 5.99. The summed E-state index contributed by atoms with van der Waals surface area (Å²) in [6, 6.07) is 4.38. The molecule has 1 heterocycles. The molecule has 0 radical (unpaired) electrons. The highest BCUT2D eigenvalue weighted by Crippen LogP contribution is 2.29. The molecule has 1 aromatic rings. The minimum Gasteiger partial charge on any atom is -0.399 e. The lowest BCUT2D eigenvalue weighted by atomic mass is 9.98. The van der Waals surface area contributed by atoms with Crippen LogP contribution in [0.25, 0.3) is 0 Å². The molecule has 0 aromatic heterocycles. The monoisotopic (exact) mass is 318 g/mol. The number of anilines is 1. The van der Waals surface area contributed by atoms with Crippen molar-refractivity contribution < 1.29 is 13.5 Å². The summed E-state index contributed by atoms with van der Waals surface area (Å²) < 4.78 is 26.6. The van der Waals surface area contributed by atoms with Crippen molar-refractivity contribution in [3.63, 3.8) is 0 Å². The molecule has 0 amide bonds. The Bertz CT molecular complexity index is 602. The Balaban J connectivity index is 2.30. The van der Waals surface area contributed by atoms with Gasteiger partial charge in [-0.2, -0.15) is 4.31 Å². The van der Waals surface area contributed by atoms with Gasteiger partial charge in [-0.1, -0.05) is 11.6 Å². The fraction of sp³-hybridized carbons (Fsp3) is 0.538. The minimum absolute atomic E-state index is 0.0647. The summed E-state index contributed by atoms with van der Waals surface area (Å²) in [6.45, 7) is 2.41. The normalized spacial score (nSPS) is 25.4. The summed E-state index contributed by atoms with van der Waals surface area (Å²) in [5.41, 5.74) is 5.20. The third-order valence-corrected chi connectivity index (χ3v) is 5.98. The van der Waals surface area contributed by atoms with Gasteiger partial charge < -0.3 is 10.8 Å². The van der Waals surface area contributed by atoms with Crippen LogP contribution in [0, 0.1) is 0 Å². The number of rotatable bonds is 2. The first kappa shape index (κ1) is 15.6. The van der Waals surface area contributed by atoms with Gasteiger partial charge in [0.25, 0.3) is 0 Å². The molecule has 7 heteroatoms. The average Bonchev–Trinajstić information content (AvgIpc) is 2.50. The van der Waals surface area contributed by atoms with Crippen LogP contribution in [0.4, 0.5) is 5.69 Å². The van der Waals surface area contributed by atoms with E-state index in [9.17, 15) is 13.5 Å². The van der Waals surface area contributed by atoms with Crippen LogP contribution < -0.4 is 5.73 Å². The lowest BCUT2D eigenvalue weighted by Gasteiger charge is -2.22. The topological polar surface area (TPSA) is 83.6 Å². The highest BCUT2D eigenvalue weighted by atomic mass is 35.5. The quantitative estimate of drug-likeness (QED) is 0.815. The SMILES string of the molecule is CC1(O)CCCN(S(=O)(=O)c2ccc(N)cc2Cl)CC1. The second kappa shape index (κ2) is 5.52. The summed E-state index contributed by atoms with van der Waals surface area (Å²) in [5, 5.41) is 10.2. The molecule has 112 valence electrons. The van der Waals surface area contributed by atoms with E-state index in [0.29, 0.717) is 31.5 Å². The largest absolute Gasteiger partial charge is 0.399 e. The molecule has 1 atom stereocenters. The minimum atomic E-state index is -3.65. The molecule has 0 bridgehead atoms. The van der Waals surface area contributed by atoms with Crippen molar-refractivity contribution in [3.8, 4) is 0 Å². The van der Waals surface area contributed by atoms with E-state index >= 15 is 0 Å². The van der Waals surface area contributed by atoms with Gasteiger partial charge in [-0.3, -0.25) is 0 Å². The zero-order valence-electron chi connectivity index (χ0n) is 11.3. The predicted molar refractivity (Wildman–Crippen MR) is 79.1 cm³/mol. The number of nitrogen functional groups attached to an aromatic ring is 1. The Morgan fingerprint density at radius 2 is 2.05 bits per heavy atom. The Hall–Kier alpha value is -0.820. The van der Waals surface area contributed by atoms with Crippen LogP contribution in [-0.2, 0) is 10.0 Å². The van der Waals surface area contributed by atoms with Crippen molar-refractivity contribution >= 4 is 27.3 Å². The number of nitrogens with zero attached hydrogens (tertiary/aromatic N) is 1. The number of benzene rings is 1. The Morgan fingerprint density at radius 3 is 2.70 bits per heavy atom. The average molecular weight is 319 g/mol. The van der Waals surface area contributed by atoms with Crippen LogP contribution in [0.2, 0.25) is 5.02 Å². The van der Waals surface area contributed by atoms with E-state index in [0.717, 1.165) is 0 Å². The van der Waals surface area contributed by atoms with Gasteiger partial charge >= 0.3 is 0 Å². The van der Waals surface area contributed by atoms with Gasteiger partial charge in [0.2, 0.25) is 10.0 Å². The standard InChI is InChI=1S/C13H19ClN2O3S/c1-13(17)5-2-7-16(8-6-13)20(18,19)12-4-3-10(15)9-11(12)14/h3-4,9,17H,2,5-8,15H2,1H3. The number of hydrogen-bond acceptors (Lipinski definition) is 4. The molecule has 20 heavy (non-hydrogen) atoms. The van der Waals surface area contributed by atoms with E-state index in [2.05, 4.69) is 0 Å². The van der Waals surface area contributed by atoms with Gasteiger partial charge in [-0.25, -0.2) is 8.42 Å². The van der Waals surface area contributed by atoms with E-state index in [1.165, 1.54) is 22.5 Å². The van der Waals surface area contributed by atoms with Crippen LogP contribution in [0.5, 0.6) is 0 Å². The maximum Gasteiger partial charge on any atom is 0.244 e. The Morgan fingerprint density at radius 1 is 1.35 bits per heavy atom. The van der Waals surface area contributed by atoms with Gasteiger partial charge in [0.15, 0.2) is 0 Å². The fourth-order valence-corrected chi connectivity index (χ4v) is 4.35. The molecule has 0 aliphatic carbocycles. The fourth-order valence-electron chi connectivity index (χ4n) is 2.34. The van der Waals surface area contributed by atoms with Crippen molar-refractivity contribution in [2.45, 2.75) is 36.7 Å². The molecule has 3 N–H and O–H groups in total. The van der Waals surface area contributed by atoms with Crippen molar-refractivity contribution in [2.24, 2.45) is 0 Å². The number of sulfonamides is 1. The first-order valence-corrected chi connectivity index (χ1v) is 8.32. The van der Waals surface area contributed by atoms with E-state index < -0.39 is 15.6 Å². The van der Waals surface area contributed by atoms with E-state index in [1.54, 1.807) is 6.92 Å². The zero-order chi connectivity index (χ0) is 15.0. The Kier molecular flexibility index (Phi) is 4.30. The molecule has 1 saturated heterocycles. The first-order chi connectivity index (χ1) is 9.22. The van der Waals surface area contributed by atoms with Crippen LogP contribution >= 0.6 is 11.6 Å². The number of halogens is 1. The summed E-state index contributed by atoms with van der Waals surface area (Å²) in [4.78, 5) is 0.0647. The van der Waals surface area contributed by atoms with Crippen LogP contribution in [0.1, 0.15) is 26.2 Å². The first-order valence-electron chi connectivity index (χ1n) is 6.50. The molecule has 2 rings (SSSR count). The summed E-state index contributed by atoms with van der Waals surface area (Å²) in [5.74, 6) is 0. The molecule has 1 aliphatic rings. The lowest BCUT2D eigenvalue weighted by molar-refractivity contribution is 0.0465. The summed E-state index contributed by atoms with van der Waals surface area (Å²) in [6.07, 6.45) is 1.63. The number of aliphatic hydroxyl groups is 1. The lowest BCUT2D eigenvalue weighted by Crippen LogP contribution is -2.33. The molecular formula is C13H19ClN2O3S. The third-order valence-electron chi connectivity index (χ3n) is 3.60. The molecule has 0 spiro atoms. The molecule has 0 saturated carbocycles. The second-order valence-electron chi connectivity index (χ2n) is 5.44. The van der Waals surface area contributed by atoms with Crippen LogP contribution in [0.15, 0.2) is 23.1 Å². The van der Waals surface area contributed by atoms with Gasteiger partial charge in [-0.05, 0) is 44.4 Å². The smallest absolute Gasteiger partial charge is 0.244 e.